The number of rotatable bonds is 6. The maximum Gasteiger partial charge on any atom is 0.244 e. The third kappa shape index (κ3) is 4.73. The first-order chi connectivity index (χ1) is 13.4. The molecule has 7 heteroatoms. The number of amides is 2. The lowest BCUT2D eigenvalue weighted by molar-refractivity contribution is -0.120. The van der Waals surface area contributed by atoms with Crippen LogP contribution >= 0.6 is 0 Å². The van der Waals surface area contributed by atoms with Gasteiger partial charge in [0.2, 0.25) is 11.8 Å². The highest BCUT2D eigenvalue weighted by Gasteiger charge is 2.20. The SMILES string of the molecule is CC(=O)N(CC(=O)Nc1ccc2c(c1)OCCO2)c1ccccc1OC(C)C. The van der Waals surface area contributed by atoms with Gasteiger partial charge in [-0.15, -0.1) is 0 Å². The fourth-order valence-electron chi connectivity index (χ4n) is 2.87. The molecule has 2 aromatic rings. The van der Waals surface area contributed by atoms with Gasteiger partial charge in [0.1, 0.15) is 25.5 Å². The molecule has 0 bridgehead atoms. The van der Waals surface area contributed by atoms with Gasteiger partial charge in [-0.3, -0.25) is 14.5 Å². The molecule has 0 spiro atoms. The molecule has 148 valence electrons. The highest BCUT2D eigenvalue weighted by atomic mass is 16.6. The minimum Gasteiger partial charge on any atom is -0.489 e. The minimum atomic E-state index is -0.328. The zero-order chi connectivity index (χ0) is 20.1. The van der Waals surface area contributed by atoms with Crippen molar-refractivity contribution in [1.82, 2.24) is 0 Å². The highest BCUT2D eigenvalue weighted by molar-refractivity contribution is 6.02. The van der Waals surface area contributed by atoms with Crippen molar-refractivity contribution >= 4 is 23.2 Å². The second-order valence-corrected chi connectivity index (χ2v) is 6.65. The number of nitrogens with zero attached hydrogens (tertiary/aromatic N) is 1. The van der Waals surface area contributed by atoms with Crippen LogP contribution in [0.2, 0.25) is 0 Å². The van der Waals surface area contributed by atoms with Gasteiger partial charge in [0, 0.05) is 18.7 Å². The average molecular weight is 384 g/mol. The lowest BCUT2D eigenvalue weighted by atomic mass is 10.2. The molecule has 0 saturated heterocycles. The Morgan fingerprint density at radius 2 is 1.82 bits per heavy atom. The molecule has 1 heterocycles. The highest BCUT2D eigenvalue weighted by Crippen LogP contribution is 2.33. The number of carbonyl (C=O) groups excluding carboxylic acids is 2. The predicted molar refractivity (Wildman–Crippen MR) is 106 cm³/mol. The molecule has 1 N–H and O–H groups in total. The number of para-hydroxylation sites is 2. The summed E-state index contributed by atoms with van der Waals surface area (Å²) in [6, 6.07) is 12.4. The number of hydrogen-bond donors (Lipinski definition) is 1. The number of hydrogen-bond acceptors (Lipinski definition) is 5. The number of benzene rings is 2. The lowest BCUT2D eigenvalue weighted by Crippen LogP contribution is -2.37. The van der Waals surface area contributed by atoms with E-state index in [2.05, 4.69) is 5.32 Å². The molecule has 28 heavy (non-hydrogen) atoms. The number of ether oxygens (including phenoxy) is 3. The topological polar surface area (TPSA) is 77.1 Å². The Bertz CT molecular complexity index is 866. The van der Waals surface area contributed by atoms with Crippen molar-refractivity contribution in [2.75, 3.05) is 30.0 Å². The van der Waals surface area contributed by atoms with Crippen molar-refractivity contribution in [3.63, 3.8) is 0 Å². The summed E-state index contributed by atoms with van der Waals surface area (Å²) in [5.41, 5.74) is 1.13. The van der Waals surface area contributed by atoms with Crippen LogP contribution in [0.1, 0.15) is 20.8 Å². The number of anilines is 2. The maximum atomic E-state index is 12.6. The molecule has 7 nitrogen and oxygen atoms in total. The smallest absolute Gasteiger partial charge is 0.244 e. The summed E-state index contributed by atoms with van der Waals surface area (Å²) in [5, 5.41) is 2.80. The molecular weight excluding hydrogens is 360 g/mol. The molecule has 0 radical (unpaired) electrons. The first-order valence-electron chi connectivity index (χ1n) is 9.17. The van der Waals surface area contributed by atoms with Gasteiger partial charge in [-0.05, 0) is 38.1 Å². The summed E-state index contributed by atoms with van der Waals surface area (Å²) >= 11 is 0. The van der Waals surface area contributed by atoms with Crippen LogP contribution in [0.25, 0.3) is 0 Å². The average Bonchev–Trinajstić information content (AvgIpc) is 2.66. The fraction of sp³-hybridized carbons (Fsp3) is 0.333. The summed E-state index contributed by atoms with van der Waals surface area (Å²) in [5.74, 6) is 1.21. The monoisotopic (exact) mass is 384 g/mol. The van der Waals surface area contributed by atoms with E-state index in [-0.39, 0.29) is 24.5 Å². The molecule has 0 fully saturated rings. The fourth-order valence-corrected chi connectivity index (χ4v) is 2.87. The van der Waals surface area contributed by atoms with Crippen molar-refractivity contribution in [2.45, 2.75) is 26.9 Å². The molecule has 1 aliphatic rings. The molecule has 3 rings (SSSR count). The van der Waals surface area contributed by atoms with Crippen molar-refractivity contribution in [2.24, 2.45) is 0 Å². The zero-order valence-electron chi connectivity index (χ0n) is 16.2. The number of fused-ring (bicyclic) bond motifs is 1. The summed E-state index contributed by atoms with van der Waals surface area (Å²) in [7, 11) is 0. The molecule has 0 atom stereocenters. The van der Waals surface area contributed by atoms with Crippen LogP contribution in [0, 0.1) is 0 Å². The van der Waals surface area contributed by atoms with Gasteiger partial charge >= 0.3 is 0 Å². The first kappa shape index (κ1) is 19.5. The second-order valence-electron chi connectivity index (χ2n) is 6.65. The molecule has 0 aliphatic carbocycles. The Morgan fingerprint density at radius 1 is 1.11 bits per heavy atom. The van der Waals surface area contributed by atoms with Gasteiger partial charge in [0.05, 0.1) is 11.8 Å². The molecule has 0 aromatic heterocycles. The van der Waals surface area contributed by atoms with Gasteiger partial charge in [0.25, 0.3) is 0 Å². The molecule has 2 amide bonds. The van der Waals surface area contributed by atoms with Crippen LogP contribution in [-0.4, -0.2) is 37.7 Å². The Morgan fingerprint density at radius 3 is 2.54 bits per heavy atom. The van der Waals surface area contributed by atoms with Crippen molar-refractivity contribution in [3.05, 3.63) is 42.5 Å². The van der Waals surface area contributed by atoms with Gasteiger partial charge < -0.3 is 19.5 Å². The zero-order valence-corrected chi connectivity index (χ0v) is 16.2. The number of carbonyl (C=O) groups is 2. The minimum absolute atomic E-state index is 0.0542. The van der Waals surface area contributed by atoms with E-state index in [9.17, 15) is 9.59 Å². The van der Waals surface area contributed by atoms with Gasteiger partial charge in [-0.25, -0.2) is 0 Å². The Balaban J connectivity index is 1.74. The van der Waals surface area contributed by atoms with E-state index in [1.807, 2.05) is 19.9 Å². The van der Waals surface area contributed by atoms with E-state index >= 15 is 0 Å². The normalized spacial score (nSPS) is 12.4. The van der Waals surface area contributed by atoms with E-state index in [0.717, 1.165) is 0 Å². The van der Waals surface area contributed by atoms with E-state index in [1.54, 1.807) is 36.4 Å². The standard InChI is InChI=1S/C21H24N2O5/c1-14(2)28-18-7-5-4-6-17(18)23(15(3)24)13-21(25)22-16-8-9-19-20(12-16)27-11-10-26-19/h4-9,12,14H,10-11,13H2,1-3H3,(H,22,25). The summed E-state index contributed by atoms with van der Waals surface area (Å²) in [6.45, 7) is 6.07. The summed E-state index contributed by atoms with van der Waals surface area (Å²) in [4.78, 5) is 26.2. The summed E-state index contributed by atoms with van der Waals surface area (Å²) < 4.78 is 16.8. The van der Waals surface area contributed by atoms with Gasteiger partial charge in [-0.2, -0.15) is 0 Å². The molecular formula is C21H24N2O5. The van der Waals surface area contributed by atoms with E-state index < -0.39 is 0 Å². The Hall–Kier alpha value is -3.22. The first-order valence-corrected chi connectivity index (χ1v) is 9.17. The second kappa shape index (κ2) is 8.65. The van der Waals surface area contributed by atoms with E-state index in [4.69, 9.17) is 14.2 Å². The van der Waals surface area contributed by atoms with Crippen LogP contribution in [-0.2, 0) is 9.59 Å². The van der Waals surface area contributed by atoms with Crippen LogP contribution in [0.4, 0.5) is 11.4 Å². The van der Waals surface area contributed by atoms with Crippen molar-refractivity contribution in [3.8, 4) is 17.2 Å². The van der Waals surface area contributed by atoms with Crippen molar-refractivity contribution in [1.29, 1.82) is 0 Å². The van der Waals surface area contributed by atoms with Gasteiger partial charge in [0.15, 0.2) is 11.5 Å². The van der Waals surface area contributed by atoms with Crippen LogP contribution in [0.5, 0.6) is 17.2 Å². The van der Waals surface area contributed by atoms with Crippen LogP contribution < -0.4 is 24.4 Å². The molecule has 0 unspecified atom stereocenters. The predicted octanol–water partition coefficient (Wildman–Crippen LogP) is 3.24. The maximum absolute atomic E-state index is 12.6. The molecule has 2 aromatic carbocycles. The van der Waals surface area contributed by atoms with Crippen LogP contribution in [0.15, 0.2) is 42.5 Å². The summed E-state index contributed by atoms with van der Waals surface area (Å²) in [6.07, 6.45) is -0.0542. The van der Waals surface area contributed by atoms with E-state index in [1.165, 1.54) is 11.8 Å². The Labute approximate surface area is 164 Å². The quantitative estimate of drug-likeness (QED) is 0.827. The lowest BCUT2D eigenvalue weighted by Gasteiger charge is -2.24. The van der Waals surface area contributed by atoms with Crippen LogP contribution in [0.3, 0.4) is 0 Å². The largest absolute Gasteiger partial charge is 0.489 e. The molecule has 1 aliphatic heterocycles. The molecule has 0 saturated carbocycles. The third-order valence-electron chi connectivity index (χ3n) is 4.03. The van der Waals surface area contributed by atoms with Crippen molar-refractivity contribution < 1.29 is 23.8 Å². The Kier molecular flexibility index (Phi) is 6.03. The third-order valence-corrected chi connectivity index (χ3v) is 4.03. The van der Waals surface area contributed by atoms with Gasteiger partial charge in [-0.1, -0.05) is 12.1 Å². The number of nitrogens with one attached hydrogen (secondary N) is 1. The van der Waals surface area contributed by atoms with E-state index in [0.29, 0.717) is 41.8 Å².